The predicted molar refractivity (Wildman–Crippen MR) is 124 cm³/mol. The third-order valence-electron chi connectivity index (χ3n) is 4.69. The molecule has 29 heavy (non-hydrogen) atoms. The van der Waals surface area contributed by atoms with Gasteiger partial charge in [-0.05, 0) is 50.3 Å². The number of hydrogen-bond acceptors (Lipinski definition) is 5. The van der Waals surface area contributed by atoms with Gasteiger partial charge in [0.2, 0.25) is 0 Å². The summed E-state index contributed by atoms with van der Waals surface area (Å²) in [4.78, 5) is 22.1. The molecule has 0 bridgehead atoms. The zero-order chi connectivity index (χ0) is 19.9. The second-order valence-corrected chi connectivity index (χ2v) is 7.42. The molecule has 0 atom stereocenters. The molecule has 0 radical (unpaired) electrons. The third kappa shape index (κ3) is 5.69. The molecule has 0 N–H and O–H groups in total. The van der Waals surface area contributed by atoms with Gasteiger partial charge in [0.25, 0.3) is 5.91 Å². The minimum atomic E-state index is -0.0168. The topological polar surface area (TPSA) is 45.7 Å². The molecular weight excluding hydrogens is 406 g/mol. The normalized spacial score (nSPS) is 10.8. The summed E-state index contributed by atoms with van der Waals surface area (Å²) in [5.41, 5.74) is 1.56. The number of amides is 1. The summed E-state index contributed by atoms with van der Waals surface area (Å²) in [5.74, 6) is 0.811. The summed E-state index contributed by atoms with van der Waals surface area (Å²) in [7, 11) is 0. The Morgan fingerprint density at radius 2 is 1.76 bits per heavy atom. The molecule has 7 heteroatoms. The number of halogens is 1. The van der Waals surface area contributed by atoms with Gasteiger partial charge in [-0.25, -0.2) is 4.98 Å². The Morgan fingerprint density at radius 1 is 1.03 bits per heavy atom. The van der Waals surface area contributed by atoms with E-state index in [0.717, 1.165) is 40.7 Å². The van der Waals surface area contributed by atoms with Crippen LogP contribution in [0.3, 0.4) is 0 Å². The van der Waals surface area contributed by atoms with Crippen LogP contribution in [0.2, 0.25) is 0 Å². The maximum atomic E-state index is 13.2. The molecule has 3 aromatic rings. The van der Waals surface area contributed by atoms with E-state index in [2.05, 4.69) is 18.7 Å². The summed E-state index contributed by atoms with van der Waals surface area (Å²) >= 11 is 1.53. The van der Waals surface area contributed by atoms with E-state index >= 15 is 0 Å². The van der Waals surface area contributed by atoms with Gasteiger partial charge in [0.05, 0.1) is 16.8 Å². The van der Waals surface area contributed by atoms with Crippen LogP contribution >= 0.6 is 23.7 Å². The second-order valence-electron chi connectivity index (χ2n) is 6.41. The highest BCUT2D eigenvalue weighted by Gasteiger charge is 2.22. The highest BCUT2D eigenvalue weighted by Crippen LogP contribution is 2.32. The Morgan fingerprint density at radius 3 is 2.41 bits per heavy atom. The van der Waals surface area contributed by atoms with E-state index in [1.54, 1.807) is 4.90 Å². The van der Waals surface area contributed by atoms with Crippen molar-refractivity contribution in [3.05, 3.63) is 54.1 Å². The van der Waals surface area contributed by atoms with Gasteiger partial charge in [-0.1, -0.05) is 43.4 Å². The molecule has 1 amide bonds. The molecule has 0 aliphatic heterocycles. The number of hydrogen-bond donors (Lipinski definition) is 0. The molecule has 0 saturated carbocycles. The largest absolute Gasteiger partial charge is 0.494 e. The number of benzene rings is 2. The molecule has 0 aliphatic rings. The first-order chi connectivity index (χ1) is 13.7. The first kappa shape index (κ1) is 23.1. The van der Waals surface area contributed by atoms with Crippen LogP contribution in [0.5, 0.6) is 5.75 Å². The summed E-state index contributed by atoms with van der Waals surface area (Å²) in [5, 5.41) is 0.727. The van der Waals surface area contributed by atoms with Crippen LogP contribution in [0.1, 0.15) is 31.1 Å². The van der Waals surface area contributed by atoms with Gasteiger partial charge >= 0.3 is 0 Å². The average Bonchev–Trinajstić information content (AvgIpc) is 3.15. The highest BCUT2D eigenvalue weighted by molar-refractivity contribution is 7.22. The van der Waals surface area contributed by atoms with E-state index in [1.807, 2.05) is 55.5 Å². The summed E-state index contributed by atoms with van der Waals surface area (Å²) < 4.78 is 6.62. The number of aromatic nitrogens is 1. The van der Waals surface area contributed by atoms with Gasteiger partial charge in [0.1, 0.15) is 5.75 Å². The van der Waals surface area contributed by atoms with Crippen LogP contribution in [-0.4, -0.2) is 48.6 Å². The molecule has 1 heterocycles. The number of rotatable bonds is 9. The van der Waals surface area contributed by atoms with Gasteiger partial charge < -0.3 is 9.64 Å². The third-order valence-corrected chi connectivity index (χ3v) is 5.73. The quantitative estimate of drug-likeness (QED) is 0.470. The van der Waals surface area contributed by atoms with Crippen LogP contribution in [0.4, 0.5) is 5.13 Å². The van der Waals surface area contributed by atoms with E-state index in [-0.39, 0.29) is 18.3 Å². The van der Waals surface area contributed by atoms with Crippen molar-refractivity contribution in [1.29, 1.82) is 0 Å². The molecule has 0 saturated heterocycles. The van der Waals surface area contributed by atoms with Crippen molar-refractivity contribution in [2.24, 2.45) is 0 Å². The lowest BCUT2D eigenvalue weighted by Gasteiger charge is -2.24. The molecule has 3 rings (SSSR count). The van der Waals surface area contributed by atoms with Crippen LogP contribution in [0, 0.1) is 0 Å². The van der Waals surface area contributed by atoms with Crippen molar-refractivity contribution in [2.75, 3.05) is 37.7 Å². The lowest BCUT2D eigenvalue weighted by atomic mass is 10.2. The molecule has 1 aromatic heterocycles. The maximum Gasteiger partial charge on any atom is 0.260 e. The van der Waals surface area contributed by atoms with Crippen molar-refractivity contribution < 1.29 is 9.53 Å². The van der Waals surface area contributed by atoms with E-state index in [9.17, 15) is 4.79 Å². The molecular formula is C22H28ClN3O2S. The molecule has 156 valence electrons. The lowest BCUT2D eigenvalue weighted by Crippen LogP contribution is -2.38. The number of carbonyl (C=O) groups excluding carboxylic acids is 1. The minimum absolute atomic E-state index is 0. The fourth-order valence-electron chi connectivity index (χ4n) is 3.07. The van der Waals surface area contributed by atoms with Crippen LogP contribution in [0.15, 0.2) is 48.5 Å². The Kier molecular flexibility index (Phi) is 8.89. The molecule has 0 unspecified atom stereocenters. The number of nitrogens with zero attached hydrogens (tertiary/aromatic N) is 3. The van der Waals surface area contributed by atoms with E-state index < -0.39 is 0 Å². The first-order valence-corrected chi connectivity index (χ1v) is 10.6. The molecule has 0 spiro atoms. The maximum absolute atomic E-state index is 13.2. The molecule has 2 aromatic carbocycles. The van der Waals surface area contributed by atoms with Crippen molar-refractivity contribution >= 4 is 45.0 Å². The van der Waals surface area contributed by atoms with E-state index in [1.165, 1.54) is 11.3 Å². The van der Waals surface area contributed by atoms with Gasteiger partial charge in [0, 0.05) is 18.7 Å². The predicted octanol–water partition coefficient (Wildman–Crippen LogP) is 5.11. The zero-order valence-corrected chi connectivity index (χ0v) is 18.8. The lowest BCUT2D eigenvalue weighted by molar-refractivity contribution is 0.0984. The van der Waals surface area contributed by atoms with Gasteiger partial charge in [-0.2, -0.15) is 0 Å². The first-order valence-electron chi connectivity index (χ1n) is 9.78. The van der Waals surface area contributed by atoms with Crippen LogP contribution in [-0.2, 0) is 0 Å². The zero-order valence-electron chi connectivity index (χ0n) is 17.1. The highest BCUT2D eigenvalue weighted by atomic mass is 35.5. The summed E-state index contributed by atoms with van der Waals surface area (Å²) in [6.45, 7) is 10.2. The SMILES string of the molecule is CCOc1ccc2nc(N(CCN(CC)CC)C(=O)c3ccccc3)sc2c1.Cl. The Labute approximate surface area is 182 Å². The van der Waals surface area contributed by atoms with Crippen molar-refractivity contribution in [1.82, 2.24) is 9.88 Å². The molecule has 5 nitrogen and oxygen atoms in total. The molecule has 0 aliphatic carbocycles. The van der Waals surface area contributed by atoms with Gasteiger partial charge in [-0.15, -0.1) is 12.4 Å². The van der Waals surface area contributed by atoms with E-state index in [0.29, 0.717) is 18.7 Å². The van der Waals surface area contributed by atoms with Crippen LogP contribution in [0.25, 0.3) is 10.2 Å². The van der Waals surface area contributed by atoms with Gasteiger partial charge in [0.15, 0.2) is 5.13 Å². The van der Waals surface area contributed by atoms with Crippen LogP contribution < -0.4 is 9.64 Å². The second kappa shape index (κ2) is 11.1. The Bertz CT molecular complexity index is 913. The number of anilines is 1. The molecule has 0 fully saturated rings. The smallest absolute Gasteiger partial charge is 0.260 e. The number of thiazole rings is 1. The van der Waals surface area contributed by atoms with Crippen molar-refractivity contribution in [3.63, 3.8) is 0 Å². The van der Waals surface area contributed by atoms with Crippen molar-refractivity contribution in [2.45, 2.75) is 20.8 Å². The summed E-state index contributed by atoms with van der Waals surface area (Å²) in [6.07, 6.45) is 0. The Balaban J connectivity index is 0.00000300. The van der Waals surface area contributed by atoms with Gasteiger partial charge in [-0.3, -0.25) is 9.69 Å². The minimum Gasteiger partial charge on any atom is -0.494 e. The number of fused-ring (bicyclic) bond motifs is 1. The fraction of sp³-hybridized carbons (Fsp3) is 0.364. The monoisotopic (exact) mass is 433 g/mol. The number of likely N-dealkylation sites (N-methyl/N-ethyl adjacent to an activating group) is 1. The number of carbonyl (C=O) groups is 1. The standard InChI is InChI=1S/C22H27N3O2S.ClH/c1-4-24(5-2)14-15-25(21(26)17-10-8-7-9-11-17)22-23-19-13-12-18(27-6-3)16-20(19)28-22;/h7-13,16H,4-6,14-15H2,1-3H3;1H. The average molecular weight is 434 g/mol. The van der Waals surface area contributed by atoms with E-state index in [4.69, 9.17) is 9.72 Å². The summed E-state index contributed by atoms with van der Waals surface area (Å²) in [6, 6.07) is 15.3. The fourth-order valence-corrected chi connectivity index (χ4v) is 4.08. The Hall–Kier alpha value is -2.15. The number of ether oxygens (including phenoxy) is 1. The van der Waals surface area contributed by atoms with Crippen molar-refractivity contribution in [3.8, 4) is 5.75 Å².